The Morgan fingerprint density at radius 1 is 1.26 bits per heavy atom. The number of likely N-dealkylation sites (N-methyl/N-ethyl adjacent to an activating group) is 1. The first-order chi connectivity index (χ1) is 11.0. The molecule has 1 atom stereocenters. The molecule has 5 heteroatoms. The highest BCUT2D eigenvalue weighted by Gasteiger charge is 2.22. The molecule has 0 N–H and O–H groups in total. The third-order valence-electron chi connectivity index (χ3n) is 3.80. The zero-order chi connectivity index (χ0) is 16.8. The van der Waals surface area contributed by atoms with E-state index in [1.165, 1.54) is 0 Å². The molecule has 2 aromatic rings. The molecule has 23 heavy (non-hydrogen) atoms. The van der Waals surface area contributed by atoms with Gasteiger partial charge in [0.05, 0.1) is 6.54 Å². The summed E-state index contributed by atoms with van der Waals surface area (Å²) in [5.74, 6) is 2.09. The Balaban J connectivity index is 1.90. The smallest absolute Gasteiger partial charge is 0.245 e. The number of hydrogen-bond donors (Lipinski definition) is 0. The predicted molar refractivity (Wildman–Crippen MR) is 90.6 cm³/mol. The van der Waals surface area contributed by atoms with Crippen LogP contribution < -0.4 is 4.74 Å². The standard InChI is InChI=1S/C18H25N3O2/c1-14(2)17-19-10-11-21(17)15(3)18(22)20(4)12-13-23-16-8-6-5-7-9-16/h5-11,14-15H,12-13H2,1-4H3. The second-order valence-corrected chi connectivity index (χ2v) is 5.94. The Labute approximate surface area is 137 Å². The minimum absolute atomic E-state index is 0.0570. The third kappa shape index (κ3) is 4.34. The van der Waals surface area contributed by atoms with Gasteiger partial charge in [0.1, 0.15) is 24.2 Å². The van der Waals surface area contributed by atoms with E-state index < -0.39 is 0 Å². The molecular weight excluding hydrogens is 290 g/mol. The number of nitrogens with zero attached hydrogens (tertiary/aromatic N) is 3. The summed E-state index contributed by atoms with van der Waals surface area (Å²) in [5, 5.41) is 0. The number of para-hydroxylation sites is 1. The maximum absolute atomic E-state index is 12.6. The van der Waals surface area contributed by atoms with E-state index in [2.05, 4.69) is 18.8 Å². The van der Waals surface area contributed by atoms with E-state index in [4.69, 9.17) is 4.74 Å². The van der Waals surface area contributed by atoms with Gasteiger partial charge in [0, 0.05) is 25.4 Å². The van der Waals surface area contributed by atoms with Crippen LogP contribution in [0.4, 0.5) is 0 Å². The van der Waals surface area contributed by atoms with Crippen molar-refractivity contribution in [2.24, 2.45) is 0 Å². The number of benzene rings is 1. The average molecular weight is 315 g/mol. The largest absolute Gasteiger partial charge is 0.492 e. The fourth-order valence-corrected chi connectivity index (χ4v) is 2.46. The molecule has 0 aliphatic heterocycles. The van der Waals surface area contributed by atoms with E-state index in [1.54, 1.807) is 18.1 Å². The van der Waals surface area contributed by atoms with Crippen molar-refractivity contribution in [3.63, 3.8) is 0 Å². The molecule has 0 aliphatic rings. The van der Waals surface area contributed by atoms with Gasteiger partial charge < -0.3 is 14.2 Å². The van der Waals surface area contributed by atoms with E-state index in [0.717, 1.165) is 11.6 Å². The van der Waals surface area contributed by atoms with Gasteiger partial charge in [-0.15, -0.1) is 0 Å². The maximum atomic E-state index is 12.6. The molecule has 2 rings (SSSR count). The molecule has 0 radical (unpaired) electrons. The molecule has 0 saturated heterocycles. The molecule has 1 unspecified atom stereocenters. The Bertz CT molecular complexity index is 622. The normalized spacial score (nSPS) is 12.2. The number of amides is 1. The lowest BCUT2D eigenvalue weighted by Gasteiger charge is -2.24. The number of imidazole rings is 1. The summed E-state index contributed by atoms with van der Waals surface area (Å²) in [6, 6.07) is 9.35. The first kappa shape index (κ1) is 17.1. The van der Waals surface area contributed by atoms with Crippen LogP contribution >= 0.6 is 0 Å². The van der Waals surface area contributed by atoms with Crippen molar-refractivity contribution in [1.82, 2.24) is 14.5 Å². The number of carbonyl (C=O) groups excluding carboxylic acids is 1. The molecule has 1 heterocycles. The van der Waals surface area contributed by atoms with Crippen LogP contribution in [-0.4, -0.2) is 40.6 Å². The fraction of sp³-hybridized carbons (Fsp3) is 0.444. The molecule has 1 aromatic carbocycles. The van der Waals surface area contributed by atoms with Crippen molar-refractivity contribution in [2.45, 2.75) is 32.7 Å². The number of carbonyl (C=O) groups is 1. The second kappa shape index (κ2) is 7.81. The lowest BCUT2D eigenvalue weighted by Crippen LogP contribution is -2.36. The van der Waals surface area contributed by atoms with Gasteiger partial charge in [-0.2, -0.15) is 0 Å². The van der Waals surface area contributed by atoms with Crippen LogP contribution in [0.5, 0.6) is 5.75 Å². The minimum atomic E-state index is -0.267. The SMILES string of the molecule is CC(C)c1nccn1C(C)C(=O)N(C)CCOc1ccccc1. The quantitative estimate of drug-likeness (QED) is 0.789. The number of ether oxygens (including phenoxy) is 1. The lowest BCUT2D eigenvalue weighted by atomic mass is 10.2. The molecule has 0 saturated carbocycles. The molecule has 1 amide bonds. The summed E-state index contributed by atoms with van der Waals surface area (Å²) in [7, 11) is 1.80. The van der Waals surface area contributed by atoms with Crippen LogP contribution in [-0.2, 0) is 4.79 Å². The summed E-state index contributed by atoms with van der Waals surface area (Å²) in [4.78, 5) is 18.6. The zero-order valence-electron chi connectivity index (χ0n) is 14.3. The zero-order valence-corrected chi connectivity index (χ0v) is 14.3. The number of hydrogen-bond acceptors (Lipinski definition) is 3. The van der Waals surface area contributed by atoms with Crippen molar-refractivity contribution in [3.8, 4) is 5.75 Å². The highest BCUT2D eigenvalue weighted by molar-refractivity contribution is 5.79. The van der Waals surface area contributed by atoms with Gasteiger partial charge in [-0.25, -0.2) is 4.98 Å². The Hall–Kier alpha value is -2.30. The van der Waals surface area contributed by atoms with Crippen LogP contribution in [0.25, 0.3) is 0 Å². The van der Waals surface area contributed by atoms with Crippen molar-refractivity contribution < 1.29 is 9.53 Å². The van der Waals surface area contributed by atoms with Gasteiger partial charge >= 0.3 is 0 Å². The molecule has 5 nitrogen and oxygen atoms in total. The predicted octanol–water partition coefficient (Wildman–Crippen LogP) is 3.10. The molecule has 1 aromatic heterocycles. The van der Waals surface area contributed by atoms with Gasteiger partial charge in [0.2, 0.25) is 5.91 Å². The van der Waals surface area contributed by atoms with Crippen molar-refractivity contribution in [2.75, 3.05) is 20.2 Å². The average Bonchev–Trinajstić information content (AvgIpc) is 3.04. The van der Waals surface area contributed by atoms with E-state index >= 15 is 0 Å². The first-order valence-electron chi connectivity index (χ1n) is 7.96. The third-order valence-corrected chi connectivity index (χ3v) is 3.80. The van der Waals surface area contributed by atoms with Gasteiger partial charge in [-0.3, -0.25) is 4.79 Å². The minimum Gasteiger partial charge on any atom is -0.492 e. The molecule has 0 bridgehead atoms. The van der Waals surface area contributed by atoms with E-state index in [9.17, 15) is 4.79 Å². The summed E-state index contributed by atoms with van der Waals surface area (Å²) in [5.41, 5.74) is 0. The molecule has 0 aliphatic carbocycles. The van der Waals surface area contributed by atoms with Crippen LogP contribution in [0, 0.1) is 0 Å². The summed E-state index contributed by atoms with van der Waals surface area (Å²) in [6.45, 7) is 7.08. The Kier molecular flexibility index (Phi) is 5.79. The van der Waals surface area contributed by atoms with Crippen LogP contribution in [0.2, 0.25) is 0 Å². The van der Waals surface area contributed by atoms with E-state index in [1.807, 2.05) is 48.0 Å². The van der Waals surface area contributed by atoms with Crippen LogP contribution in [0.15, 0.2) is 42.7 Å². The molecule has 0 fully saturated rings. The van der Waals surface area contributed by atoms with E-state index in [-0.39, 0.29) is 17.9 Å². The molecule has 124 valence electrons. The fourth-order valence-electron chi connectivity index (χ4n) is 2.46. The van der Waals surface area contributed by atoms with Crippen molar-refractivity contribution in [3.05, 3.63) is 48.5 Å². The molecular formula is C18H25N3O2. The summed E-state index contributed by atoms with van der Waals surface area (Å²) < 4.78 is 7.59. The van der Waals surface area contributed by atoms with Gasteiger partial charge in [0.15, 0.2) is 0 Å². The lowest BCUT2D eigenvalue weighted by molar-refractivity contribution is -0.133. The second-order valence-electron chi connectivity index (χ2n) is 5.94. The summed E-state index contributed by atoms with van der Waals surface area (Å²) in [6.07, 6.45) is 3.61. The van der Waals surface area contributed by atoms with Gasteiger partial charge in [-0.1, -0.05) is 32.0 Å². The monoisotopic (exact) mass is 315 g/mol. The highest BCUT2D eigenvalue weighted by atomic mass is 16.5. The Morgan fingerprint density at radius 2 is 1.96 bits per heavy atom. The number of rotatable bonds is 7. The van der Waals surface area contributed by atoms with E-state index in [0.29, 0.717) is 13.2 Å². The first-order valence-corrected chi connectivity index (χ1v) is 7.96. The topological polar surface area (TPSA) is 47.4 Å². The summed E-state index contributed by atoms with van der Waals surface area (Å²) >= 11 is 0. The van der Waals surface area contributed by atoms with Crippen LogP contribution in [0.1, 0.15) is 38.6 Å². The molecule has 0 spiro atoms. The van der Waals surface area contributed by atoms with Crippen LogP contribution in [0.3, 0.4) is 0 Å². The van der Waals surface area contributed by atoms with Crippen molar-refractivity contribution >= 4 is 5.91 Å². The Morgan fingerprint density at radius 3 is 2.61 bits per heavy atom. The number of aromatic nitrogens is 2. The van der Waals surface area contributed by atoms with Gasteiger partial charge in [0.25, 0.3) is 0 Å². The van der Waals surface area contributed by atoms with Gasteiger partial charge in [-0.05, 0) is 19.1 Å². The maximum Gasteiger partial charge on any atom is 0.245 e. The van der Waals surface area contributed by atoms with Crippen molar-refractivity contribution in [1.29, 1.82) is 0 Å². The highest BCUT2D eigenvalue weighted by Crippen LogP contribution is 2.18.